The van der Waals surface area contributed by atoms with Crippen molar-refractivity contribution in [2.24, 2.45) is 4.99 Å². The highest BCUT2D eigenvalue weighted by molar-refractivity contribution is 5.79. The van der Waals surface area contributed by atoms with E-state index >= 15 is 0 Å². The second-order valence-corrected chi connectivity index (χ2v) is 7.32. The Morgan fingerprint density at radius 3 is 2.52 bits per heavy atom. The molecule has 0 spiro atoms. The molecule has 2 saturated heterocycles. The molecule has 2 aliphatic heterocycles. The predicted octanol–water partition coefficient (Wildman–Crippen LogP) is 1.09. The Kier molecular flexibility index (Phi) is 9.14. The van der Waals surface area contributed by atoms with Gasteiger partial charge >= 0.3 is 0 Å². The first-order valence-corrected chi connectivity index (χ1v) is 10.7. The van der Waals surface area contributed by atoms with Crippen molar-refractivity contribution in [3.63, 3.8) is 0 Å². The Labute approximate surface area is 173 Å². The summed E-state index contributed by atoms with van der Waals surface area (Å²) in [5.74, 6) is 0.593. The van der Waals surface area contributed by atoms with Gasteiger partial charge in [0.2, 0.25) is 0 Å². The van der Waals surface area contributed by atoms with Crippen LogP contribution < -0.4 is 10.6 Å². The van der Waals surface area contributed by atoms with Crippen molar-refractivity contribution in [3.05, 3.63) is 35.6 Å². The Bertz CT molecular complexity index is 633. The summed E-state index contributed by atoms with van der Waals surface area (Å²) in [5.41, 5.74) is 0.958. The Morgan fingerprint density at radius 2 is 1.83 bits per heavy atom. The molecule has 2 aliphatic rings. The van der Waals surface area contributed by atoms with E-state index in [0.29, 0.717) is 19.8 Å². The highest BCUT2D eigenvalue weighted by Gasteiger charge is 2.23. The average molecular weight is 408 g/mol. The number of rotatable bonds is 8. The molecule has 1 aromatic rings. The maximum atomic E-state index is 13.8. The maximum absolute atomic E-state index is 13.8. The van der Waals surface area contributed by atoms with E-state index in [9.17, 15) is 4.39 Å². The highest BCUT2D eigenvalue weighted by Crippen LogP contribution is 2.23. The predicted molar refractivity (Wildman–Crippen MR) is 113 cm³/mol. The minimum atomic E-state index is -0.208. The second-order valence-electron chi connectivity index (χ2n) is 7.32. The summed E-state index contributed by atoms with van der Waals surface area (Å²) in [5, 5.41) is 6.75. The zero-order chi connectivity index (χ0) is 20.3. The van der Waals surface area contributed by atoms with E-state index in [1.54, 1.807) is 12.1 Å². The number of ether oxygens (including phenoxy) is 2. The summed E-state index contributed by atoms with van der Waals surface area (Å²) in [6.07, 6.45) is 0. The van der Waals surface area contributed by atoms with Gasteiger partial charge in [0.1, 0.15) is 5.82 Å². The fraction of sp³-hybridized carbons (Fsp3) is 0.667. The van der Waals surface area contributed by atoms with Gasteiger partial charge in [-0.05, 0) is 24.6 Å². The fourth-order valence-corrected chi connectivity index (χ4v) is 3.71. The van der Waals surface area contributed by atoms with Gasteiger partial charge in [0.15, 0.2) is 5.96 Å². The van der Waals surface area contributed by atoms with E-state index in [1.165, 1.54) is 6.07 Å². The van der Waals surface area contributed by atoms with E-state index < -0.39 is 0 Å². The lowest BCUT2D eigenvalue weighted by Crippen LogP contribution is -2.45. The lowest BCUT2D eigenvalue weighted by Gasteiger charge is -2.34. The van der Waals surface area contributed by atoms with Gasteiger partial charge in [0.05, 0.1) is 39.0 Å². The molecule has 162 valence electrons. The van der Waals surface area contributed by atoms with Crippen molar-refractivity contribution >= 4 is 5.96 Å². The molecule has 0 amide bonds. The number of benzene rings is 1. The average Bonchev–Trinajstić information content (AvgIpc) is 2.75. The van der Waals surface area contributed by atoms with Crippen LogP contribution >= 0.6 is 0 Å². The zero-order valence-electron chi connectivity index (χ0n) is 17.4. The van der Waals surface area contributed by atoms with E-state index in [1.807, 2.05) is 6.07 Å². The minimum Gasteiger partial charge on any atom is -0.379 e. The molecule has 0 saturated carbocycles. The van der Waals surface area contributed by atoms with Crippen LogP contribution in [0.4, 0.5) is 4.39 Å². The topological polar surface area (TPSA) is 61.4 Å². The molecule has 1 atom stereocenters. The molecule has 1 unspecified atom stereocenters. The van der Waals surface area contributed by atoms with Gasteiger partial charge in [0.25, 0.3) is 0 Å². The Hall–Kier alpha value is -1.74. The van der Waals surface area contributed by atoms with Crippen LogP contribution in [0.2, 0.25) is 0 Å². The summed E-state index contributed by atoms with van der Waals surface area (Å²) in [7, 11) is 0. The molecule has 2 fully saturated rings. The van der Waals surface area contributed by atoms with Gasteiger partial charge in [-0.1, -0.05) is 12.1 Å². The summed E-state index contributed by atoms with van der Waals surface area (Å²) in [4.78, 5) is 9.55. The largest absolute Gasteiger partial charge is 0.379 e. The van der Waals surface area contributed by atoms with E-state index in [-0.39, 0.29) is 11.9 Å². The van der Waals surface area contributed by atoms with Crippen molar-refractivity contribution in [2.45, 2.75) is 13.0 Å². The van der Waals surface area contributed by atoms with Crippen LogP contribution in [0.5, 0.6) is 0 Å². The van der Waals surface area contributed by atoms with Crippen LogP contribution in [0.1, 0.15) is 18.5 Å². The molecule has 2 heterocycles. The van der Waals surface area contributed by atoms with Crippen LogP contribution in [0.25, 0.3) is 0 Å². The summed E-state index contributed by atoms with van der Waals surface area (Å²) >= 11 is 0. The lowest BCUT2D eigenvalue weighted by atomic mass is 10.0. The SMILES string of the molecule is CCNC(=NCC(c1cccc(F)c1)N1CCOCC1)NCCN1CCOCC1. The first-order chi connectivity index (χ1) is 14.3. The molecule has 0 aliphatic carbocycles. The van der Waals surface area contributed by atoms with Crippen molar-refractivity contribution in [1.29, 1.82) is 0 Å². The highest BCUT2D eigenvalue weighted by atomic mass is 19.1. The van der Waals surface area contributed by atoms with Gasteiger partial charge in [0, 0.05) is 45.8 Å². The number of guanidine groups is 1. The Morgan fingerprint density at radius 1 is 1.10 bits per heavy atom. The normalized spacial score (nSPS) is 20.4. The molecule has 0 radical (unpaired) electrons. The number of halogens is 1. The lowest BCUT2D eigenvalue weighted by molar-refractivity contribution is 0.0179. The maximum Gasteiger partial charge on any atom is 0.191 e. The number of morpholine rings is 2. The van der Waals surface area contributed by atoms with E-state index in [0.717, 1.165) is 70.6 Å². The second kappa shape index (κ2) is 12.1. The summed E-state index contributed by atoms with van der Waals surface area (Å²) < 4.78 is 24.7. The van der Waals surface area contributed by atoms with Gasteiger partial charge < -0.3 is 20.1 Å². The number of hydrogen-bond donors (Lipinski definition) is 2. The zero-order valence-corrected chi connectivity index (χ0v) is 17.4. The smallest absolute Gasteiger partial charge is 0.191 e. The molecule has 0 bridgehead atoms. The molecule has 7 nitrogen and oxygen atoms in total. The Balaban J connectivity index is 1.62. The van der Waals surface area contributed by atoms with Crippen LogP contribution in [0, 0.1) is 5.82 Å². The quantitative estimate of drug-likeness (QED) is 0.497. The van der Waals surface area contributed by atoms with Crippen LogP contribution in [0.3, 0.4) is 0 Å². The molecule has 2 N–H and O–H groups in total. The van der Waals surface area contributed by atoms with Crippen LogP contribution in [0.15, 0.2) is 29.3 Å². The van der Waals surface area contributed by atoms with Gasteiger partial charge in [-0.25, -0.2) is 4.39 Å². The number of aliphatic imine (C=N–C) groups is 1. The standard InChI is InChI=1S/C21H34FN5O2/c1-2-23-21(24-6-7-26-8-12-28-13-9-26)25-17-20(27-10-14-29-15-11-27)18-4-3-5-19(22)16-18/h3-5,16,20H,2,6-15,17H2,1H3,(H2,23,24,25). The first kappa shape index (κ1) is 22.0. The van der Waals surface area contributed by atoms with Crippen molar-refractivity contribution in [1.82, 2.24) is 20.4 Å². The van der Waals surface area contributed by atoms with Crippen LogP contribution in [-0.2, 0) is 9.47 Å². The molecule has 0 aromatic heterocycles. The number of nitrogens with zero attached hydrogens (tertiary/aromatic N) is 3. The van der Waals surface area contributed by atoms with Gasteiger partial charge in [-0.15, -0.1) is 0 Å². The molecule has 8 heteroatoms. The van der Waals surface area contributed by atoms with Crippen LogP contribution in [-0.4, -0.2) is 94.5 Å². The summed E-state index contributed by atoms with van der Waals surface area (Å²) in [6, 6.07) is 6.89. The number of hydrogen-bond acceptors (Lipinski definition) is 5. The van der Waals surface area contributed by atoms with Crippen molar-refractivity contribution in [3.8, 4) is 0 Å². The molecular weight excluding hydrogens is 373 g/mol. The third-order valence-corrected chi connectivity index (χ3v) is 5.31. The fourth-order valence-electron chi connectivity index (χ4n) is 3.71. The van der Waals surface area contributed by atoms with E-state index in [2.05, 4.69) is 27.4 Å². The number of nitrogens with one attached hydrogen (secondary N) is 2. The molecule has 29 heavy (non-hydrogen) atoms. The summed E-state index contributed by atoms with van der Waals surface area (Å²) in [6.45, 7) is 11.9. The molecular formula is C21H34FN5O2. The van der Waals surface area contributed by atoms with Crippen molar-refractivity contribution in [2.75, 3.05) is 78.8 Å². The first-order valence-electron chi connectivity index (χ1n) is 10.7. The van der Waals surface area contributed by atoms with E-state index in [4.69, 9.17) is 14.5 Å². The molecule has 1 aromatic carbocycles. The van der Waals surface area contributed by atoms with Gasteiger partial charge in [-0.2, -0.15) is 0 Å². The molecule has 3 rings (SSSR count). The van der Waals surface area contributed by atoms with Crippen molar-refractivity contribution < 1.29 is 13.9 Å². The third-order valence-electron chi connectivity index (χ3n) is 5.31. The minimum absolute atomic E-state index is 0.0318. The monoisotopic (exact) mass is 407 g/mol. The third kappa shape index (κ3) is 7.22. The van der Waals surface area contributed by atoms with Gasteiger partial charge in [-0.3, -0.25) is 14.8 Å².